The summed E-state index contributed by atoms with van der Waals surface area (Å²) >= 11 is 2.59. The lowest BCUT2D eigenvalue weighted by molar-refractivity contribution is -0.140. The second-order valence-electron chi connectivity index (χ2n) is 4.39. The highest BCUT2D eigenvalue weighted by Crippen LogP contribution is 2.31. The number of carbonyl (C=O) groups is 2. The van der Waals surface area contributed by atoms with Crippen LogP contribution in [0.3, 0.4) is 0 Å². The lowest BCUT2D eigenvalue weighted by atomic mass is 10.2. The van der Waals surface area contributed by atoms with Crippen LogP contribution in [0.2, 0.25) is 0 Å². The average Bonchev–Trinajstić information content (AvgIpc) is 3.05. The summed E-state index contributed by atoms with van der Waals surface area (Å²) in [4.78, 5) is 25.2. The first kappa shape index (κ1) is 13.4. The number of fused-ring (bicyclic) bond motifs is 1. The molecule has 20 heavy (non-hydrogen) atoms. The van der Waals surface area contributed by atoms with Crippen molar-refractivity contribution in [3.63, 3.8) is 0 Å². The molecule has 1 amide bonds. The Kier molecular flexibility index (Phi) is 3.39. The molecular formula is C13H10FNO3S2. The second kappa shape index (κ2) is 5.06. The van der Waals surface area contributed by atoms with Gasteiger partial charge in [0.2, 0.25) is 0 Å². The Balaban J connectivity index is 1.96. The summed E-state index contributed by atoms with van der Waals surface area (Å²) in [5, 5.41) is 9.50. The average molecular weight is 311 g/mol. The first-order chi connectivity index (χ1) is 9.58. The van der Waals surface area contributed by atoms with Crippen LogP contribution >= 0.6 is 23.1 Å². The van der Waals surface area contributed by atoms with Crippen LogP contribution in [0.25, 0.3) is 10.1 Å². The van der Waals surface area contributed by atoms with Gasteiger partial charge in [-0.15, -0.1) is 23.1 Å². The molecule has 1 aliphatic rings. The highest BCUT2D eigenvalue weighted by atomic mass is 32.2. The molecule has 1 aromatic heterocycles. The highest BCUT2D eigenvalue weighted by Gasteiger charge is 2.35. The van der Waals surface area contributed by atoms with Gasteiger partial charge < -0.3 is 10.0 Å². The third kappa shape index (κ3) is 2.16. The Labute approximate surface area is 122 Å². The number of benzene rings is 1. The van der Waals surface area contributed by atoms with E-state index in [0.29, 0.717) is 26.6 Å². The number of amides is 1. The fraction of sp³-hybridized carbons (Fsp3) is 0.231. The quantitative estimate of drug-likeness (QED) is 0.926. The van der Waals surface area contributed by atoms with Gasteiger partial charge in [-0.1, -0.05) is 6.07 Å². The molecule has 1 saturated heterocycles. The standard InChI is InChI=1S/C13H10FNO3S2/c14-8-2-1-3-10-7(8)4-11(20-10)12(16)15-6-19-5-9(15)13(17)18/h1-4,9H,5-6H2,(H,17,18). The predicted octanol–water partition coefficient (Wildman–Crippen LogP) is 2.64. The first-order valence-electron chi connectivity index (χ1n) is 5.87. The number of carboxylic acids is 1. The lowest BCUT2D eigenvalue weighted by Gasteiger charge is -2.19. The zero-order valence-corrected chi connectivity index (χ0v) is 11.8. The van der Waals surface area contributed by atoms with Crippen LogP contribution in [-0.2, 0) is 4.79 Å². The minimum Gasteiger partial charge on any atom is -0.480 e. The second-order valence-corrected chi connectivity index (χ2v) is 6.47. The van der Waals surface area contributed by atoms with Crippen LogP contribution in [0.4, 0.5) is 4.39 Å². The van der Waals surface area contributed by atoms with E-state index < -0.39 is 12.0 Å². The van der Waals surface area contributed by atoms with E-state index >= 15 is 0 Å². The van der Waals surface area contributed by atoms with Gasteiger partial charge in [0.05, 0.1) is 10.8 Å². The van der Waals surface area contributed by atoms with Crippen molar-refractivity contribution in [3.05, 3.63) is 35.0 Å². The molecule has 1 fully saturated rings. The van der Waals surface area contributed by atoms with Gasteiger partial charge in [-0.2, -0.15) is 0 Å². The maximum atomic E-state index is 13.6. The Morgan fingerprint density at radius 2 is 2.20 bits per heavy atom. The van der Waals surface area contributed by atoms with Crippen molar-refractivity contribution >= 4 is 45.1 Å². The molecule has 0 spiro atoms. The monoisotopic (exact) mass is 311 g/mol. The normalized spacial score (nSPS) is 18.6. The van der Waals surface area contributed by atoms with Gasteiger partial charge in [-0.25, -0.2) is 9.18 Å². The van der Waals surface area contributed by atoms with E-state index in [0.717, 1.165) is 0 Å². The predicted molar refractivity (Wildman–Crippen MR) is 76.7 cm³/mol. The zero-order valence-electron chi connectivity index (χ0n) is 10.2. The molecule has 0 saturated carbocycles. The molecule has 4 nitrogen and oxygen atoms in total. The molecule has 2 heterocycles. The van der Waals surface area contributed by atoms with Gasteiger partial charge in [0.25, 0.3) is 5.91 Å². The fourth-order valence-corrected chi connectivity index (χ4v) is 4.30. The zero-order chi connectivity index (χ0) is 14.3. The summed E-state index contributed by atoms with van der Waals surface area (Å²) in [6.07, 6.45) is 0. The van der Waals surface area contributed by atoms with Crippen LogP contribution < -0.4 is 0 Å². The minimum atomic E-state index is -1.00. The van der Waals surface area contributed by atoms with Gasteiger partial charge >= 0.3 is 5.97 Å². The SMILES string of the molecule is O=C(O)C1CSCN1C(=O)c1cc2c(F)cccc2s1. The van der Waals surface area contributed by atoms with Crippen LogP contribution in [0.5, 0.6) is 0 Å². The van der Waals surface area contributed by atoms with Crippen LogP contribution in [0.1, 0.15) is 9.67 Å². The number of aliphatic carboxylic acids is 1. The summed E-state index contributed by atoms with van der Waals surface area (Å²) in [6.45, 7) is 0. The van der Waals surface area contributed by atoms with E-state index in [2.05, 4.69) is 0 Å². The summed E-state index contributed by atoms with van der Waals surface area (Å²) in [7, 11) is 0. The highest BCUT2D eigenvalue weighted by molar-refractivity contribution is 7.99. The number of rotatable bonds is 2. The Morgan fingerprint density at radius 1 is 1.40 bits per heavy atom. The molecule has 104 valence electrons. The molecule has 3 rings (SSSR count). The summed E-state index contributed by atoms with van der Waals surface area (Å²) in [5.74, 6) is -0.977. The molecule has 2 aromatic rings. The Morgan fingerprint density at radius 3 is 2.90 bits per heavy atom. The first-order valence-corrected chi connectivity index (χ1v) is 7.84. The molecule has 0 aliphatic carbocycles. The third-order valence-corrected chi connectivity index (χ3v) is 5.25. The smallest absolute Gasteiger partial charge is 0.327 e. The van der Waals surface area contributed by atoms with Gasteiger partial charge in [-0.05, 0) is 18.2 Å². The van der Waals surface area contributed by atoms with Crippen molar-refractivity contribution in [1.82, 2.24) is 4.90 Å². The summed E-state index contributed by atoms with van der Waals surface area (Å²) in [5.41, 5.74) is 0. The molecular weight excluding hydrogens is 301 g/mol. The number of carbonyl (C=O) groups excluding carboxylic acids is 1. The largest absolute Gasteiger partial charge is 0.480 e. The van der Waals surface area contributed by atoms with Crippen molar-refractivity contribution in [2.45, 2.75) is 6.04 Å². The number of thiophene rings is 1. The van der Waals surface area contributed by atoms with E-state index in [9.17, 15) is 14.0 Å². The third-order valence-electron chi connectivity index (χ3n) is 3.15. The van der Waals surface area contributed by atoms with E-state index in [-0.39, 0.29) is 11.7 Å². The molecule has 1 aliphatic heterocycles. The van der Waals surface area contributed by atoms with Crippen LogP contribution in [-0.4, -0.2) is 39.6 Å². The van der Waals surface area contributed by atoms with Crippen LogP contribution in [0.15, 0.2) is 24.3 Å². The van der Waals surface area contributed by atoms with E-state index in [1.165, 1.54) is 40.1 Å². The molecule has 0 radical (unpaired) electrons. The molecule has 7 heteroatoms. The molecule has 1 atom stereocenters. The number of hydrogen-bond acceptors (Lipinski definition) is 4. The molecule has 1 N–H and O–H groups in total. The fourth-order valence-electron chi connectivity index (χ4n) is 2.12. The number of hydrogen-bond donors (Lipinski definition) is 1. The van der Waals surface area contributed by atoms with E-state index in [4.69, 9.17) is 5.11 Å². The summed E-state index contributed by atoms with van der Waals surface area (Å²) < 4.78 is 14.3. The van der Waals surface area contributed by atoms with E-state index in [1.54, 1.807) is 12.1 Å². The van der Waals surface area contributed by atoms with Gasteiger partial charge in [-0.3, -0.25) is 4.79 Å². The maximum absolute atomic E-state index is 13.6. The van der Waals surface area contributed by atoms with Crippen LogP contribution in [0, 0.1) is 5.82 Å². The number of carboxylic acid groups (broad SMARTS) is 1. The lowest BCUT2D eigenvalue weighted by Crippen LogP contribution is -2.41. The van der Waals surface area contributed by atoms with Crippen molar-refractivity contribution in [2.24, 2.45) is 0 Å². The number of nitrogens with zero attached hydrogens (tertiary/aromatic N) is 1. The maximum Gasteiger partial charge on any atom is 0.327 e. The minimum absolute atomic E-state index is 0.344. The topological polar surface area (TPSA) is 57.6 Å². The Bertz CT molecular complexity index is 700. The van der Waals surface area contributed by atoms with Crippen molar-refractivity contribution in [1.29, 1.82) is 0 Å². The molecule has 1 aromatic carbocycles. The van der Waals surface area contributed by atoms with Crippen molar-refractivity contribution in [2.75, 3.05) is 11.6 Å². The van der Waals surface area contributed by atoms with E-state index in [1.807, 2.05) is 0 Å². The Hall–Kier alpha value is -1.60. The summed E-state index contributed by atoms with van der Waals surface area (Å²) in [6, 6.07) is 5.37. The van der Waals surface area contributed by atoms with Gasteiger partial charge in [0.15, 0.2) is 0 Å². The van der Waals surface area contributed by atoms with Crippen molar-refractivity contribution < 1.29 is 19.1 Å². The molecule has 0 bridgehead atoms. The van der Waals surface area contributed by atoms with Gasteiger partial charge in [0, 0.05) is 15.8 Å². The van der Waals surface area contributed by atoms with Crippen molar-refractivity contribution in [3.8, 4) is 0 Å². The number of halogens is 1. The molecule has 1 unspecified atom stereocenters. The van der Waals surface area contributed by atoms with Gasteiger partial charge in [0.1, 0.15) is 11.9 Å². The number of thioether (sulfide) groups is 1.